The van der Waals surface area contributed by atoms with Crippen molar-refractivity contribution >= 4 is 5.97 Å². The third kappa shape index (κ3) is 2.97. The van der Waals surface area contributed by atoms with Gasteiger partial charge in [-0.1, -0.05) is 18.2 Å². The summed E-state index contributed by atoms with van der Waals surface area (Å²) in [4.78, 5) is 15.1. The quantitative estimate of drug-likeness (QED) is 0.797. The highest BCUT2D eigenvalue weighted by atomic mass is 16.4. The van der Waals surface area contributed by atoms with E-state index in [4.69, 9.17) is 5.11 Å². The van der Waals surface area contributed by atoms with E-state index in [0.717, 1.165) is 17.0 Å². The molecule has 0 radical (unpaired) electrons. The minimum atomic E-state index is -0.918. The van der Waals surface area contributed by atoms with Gasteiger partial charge in [-0.05, 0) is 35.9 Å². The number of carboxylic acid groups (broad SMARTS) is 1. The zero-order valence-corrected chi connectivity index (χ0v) is 11.2. The Morgan fingerprint density at radius 3 is 2.52 bits per heavy atom. The number of rotatable bonds is 4. The van der Waals surface area contributed by atoms with Crippen LogP contribution < -0.4 is 0 Å². The number of aromatic nitrogens is 3. The van der Waals surface area contributed by atoms with Crippen molar-refractivity contribution in [3.05, 3.63) is 72.1 Å². The summed E-state index contributed by atoms with van der Waals surface area (Å²) in [6.45, 7) is 0.590. The highest BCUT2D eigenvalue weighted by Gasteiger charge is 2.05. The zero-order chi connectivity index (χ0) is 14.7. The first-order valence-electron chi connectivity index (χ1n) is 6.49. The Labute approximate surface area is 121 Å². The molecule has 0 fully saturated rings. The van der Waals surface area contributed by atoms with E-state index in [-0.39, 0.29) is 5.56 Å². The van der Waals surface area contributed by atoms with Gasteiger partial charge in [0.1, 0.15) is 5.69 Å². The van der Waals surface area contributed by atoms with Gasteiger partial charge in [-0.2, -0.15) is 5.10 Å². The number of hydrogen-bond donors (Lipinski definition) is 1. The summed E-state index contributed by atoms with van der Waals surface area (Å²) in [5, 5.41) is 13.3. The average Bonchev–Trinajstić information content (AvgIpc) is 2.97. The molecule has 0 unspecified atom stereocenters. The van der Waals surface area contributed by atoms with Crippen LogP contribution in [0.2, 0.25) is 0 Å². The second-order valence-electron chi connectivity index (χ2n) is 4.62. The highest BCUT2D eigenvalue weighted by Crippen LogP contribution is 2.14. The topological polar surface area (TPSA) is 68.0 Å². The second-order valence-corrected chi connectivity index (χ2v) is 4.62. The third-order valence-corrected chi connectivity index (χ3v) is 3.11. The standard InChI is InChI=1S/C16H13N3O2/c20-16(21)13-6-4-12(5-7-13)11-19-10-8-15(18-19)14-3-1-2-9-17-14/h1-10H,11H2,(H,20,21). The highest BCUT2D eigenvalue weighted by molar-refractivity contribution is 5.87. The van der Waals surface area contributed by atoms with Crippen LogP contribution in [-0.2, 0) is 6.54 Å². The van der Waals surface area contributed by atoms with Crippen molar-refractivity contribution < 1.29 is 9.90 Å². The molecule has 3 rings (SSSR count). The van der Waals surface area contributed by atoms with Crippen LogP contribution in [0.25, 0.3) is 11.4 Å². The molecule has 3 aromatic rings. The zero-order valence-electron chi connectivity index (χ0n) is 11.2. The first-order chi connectivity index (χ1) is 10.2. The van der Waals surface area contributed by atoms with Crippen LogP contribution in [0.5, 0.6) is 0 Å². The van der Waals surface area contributed by atoms with Crippen LogP contribution in [0.3, 0.4) is 0 Å². The summed E-state index contributed by atoms with van der Waals surface area (Å²) in [5.41, 5.74) is 2.93. The molecule has 0 aliphatic rings. The van der Waals surface area contributed by atoms with Crippen molar-refractivity contribution in [1.82, 2.24) is 14.8 Å². The molecule has 21 heavy (non-hydrogen) atoms. The average molecular weight is 279 g/mol. The van der Waals surface area contributed by atoms with Crippen LogP contribution in [0.1, 0.15) is 15.9 Å². The summed E-state index contributed by atoms with van der Waals surface area (Å²) in [6.07, 6.45) is 3.62. The van der Waals surface area contributed by atoms with Gasteiger partial charge in [0.2, 0.25) is 0 Å². The van der Waals surface area contributed by atoms with Gasteiger partial charge in [0, 0.05) is 12.4 Å². The molecular weight excluding hydrogens is 266 g/mol. The fourth-order valence-electron chi connectivity index (χ4n) is 2.04. The van der Waals surface area contributed by atoms with Gasteiger partial charge in [-0.3, -0.25) is 9.67 Å². The maximum Gasteiger partial charge on any atom is 0.335 e. The van der Waals surface area contributed by atoms with Crippen LogP contribution in [0.4, 0.5) is 0 Å². The monoisotopic (exact) mass is 279 g/mol. The number of aromatic carboxylic acids is 1. The molecule has 2 aromatic heterocycles. The Kier molecular flexibility index (Phi) is 3.47. The fraction of sp³-hybridized carbons (Fsp3) is 0.0625. The minimum Gasteiger partial charge on any atom is -0.478 e. The summed E-state index contributed by atoms with van der Waals surface area (Å²) >= 11 is 0. The number of pyridine rings is 1. The summed E-state index contributed by atoms with van der Waals surface area (Å²) in [6, 6.07) is 14.4. The lowest BCUT2D eigenvalue weighted by Crippen LogP contribution is -2.02. The lowest BCUT2D eigenvalue weighted by molar-refractivity contribution is 0.0697. The lowest BCUT2D eigenvalue weighted by atomic mass is 10.1. The predicted octanol–water partition coefficient (Wildman–Crippen LogP) is 2.69. The number of carbonyl (C=O) groups is 1. The maximum absolute atomic E-state index is 10.8. The first-order valence-corrected chi connectivity index (χ1v) is 6.49. The molecule has 2 heterocycles. The molecule has 5 nitrogen and oxygen atoms in total. The molecule has 0 aliphatic carbocycles. The molecule has 0 atom stereocenters. The van der Waals surface area contributed by atoms with Gasteiger partial charge >= 0.3 is 5.97 Å². The van der Waals surface area contributed by atoms with E-state index in [1.165, 1.54) is 0 Å². The maximum atomic E-state index is 10.8. The van der Waals surface area contributed by atoms with Crippen LogP contribution in [0.15, 0.2) is 60.9 Å². The lowest BCUT2D eigenvalue weighted by Gasteiger charge is -2.02. The van der Waals surface area contributed by atoms with E-state index in [1.54, 1.807) is 35.1 Å². The molecule has 1 aromatic carbocycles. The molecule has 0 saturated heterocycles. The predicted molar refractivity (Wildman–Crippen MR) is 78.0 cm³/mol. The van der Waals surface area contributed by atoms with Crippen molar-refractivity contribution in [2.45, 2.75) is 6.54 Å². The Morgan fingerprint density at radius 1 is 1.05 bits per heavy atom. The number of benzene rings is 1. The van der Waals surface area contributed by atoms with Gasteiger partial charge in [-0.15, -0.1) is 0 Å². The van der Waals surface area contributed by atoms with Gasteiger partial charge in [-0.25, -0.2) is 4.79 Å². The smallest absolute Gasteiger partial charge is 0.335 e. The summed E-state index contributed by atoms with van der Waals surface area (Å²) in [7, 11) is 0. The van der Waals surface area contributed by atoms with Gasteiger partial charge in [0.25, 0.3) is 0 Å². The van der Waals surface area contributed by atoms with E-state index in [2.05, 4.69) is 10.1 Å². The normalized spacial score (nSPS) is 10.5. The minimum absolute atomic E-state index is 0.286. The van der Waals surface area contributed by atoms with Crippen LogP contribution >= 0.6 is 0 Å². The van der Waals surface area contributed by atoms with E-state index < -0.39 is 5.97 Å². The van der Waals surface area contributed by atoms with Gasteiger partial charge in [0.05, 0.1) is 17.8 Å². The van der Waals surface area contributed by atoms with Crippen molar-refractivity contribution in [2.24, 2.45) is 0 Å². The largest absolute Gasteiger partial charge is 0.478 e. The number of nitrogens with zero attached hydrogens (tertiary/aromatic N) is 3. The van der Waals surface area contributed by atoms with Crippen molar-refractivity contribution in [3.8, 4) is 11.4 Å². The molecule has 104 valence electrons. The Hall–Kier alpha value is -2.95. The summed E-state index contributed by atoms with van der Waals surface area (Å²) < 4.78 is 1.81. The second kappa shape index (κ2) is 5.58. The summed E-state index contributed by atoms with van der Waals surface area (Å²) in [5.74, 6) is -0.918. The molecule has 0 amide bonds. The third-order valence-electron chi connectivity index (χ3n) is 3.11. The van der Waals surface area contributed by atoms with E-state index in [0.29, 0.717) is 6.54 Å². The number of carboxylic acids is 1. The van der Waals surface area contributed by atoms with Crippen molar-refractivity contribution in [2.75, 3.05) is 0 Å². The molecule has 5 heteroatoms. The van der Waals surface area contributed by atoms with E-state index in [1.807, 2.05) is 30.5 Å². The van der Waals surface area contributed by atoms with E-state index in [9.17, 15) is 4.79 Å². The van der Waals surface area contributed by atoms with Gasteiger partial charge < -0.3 is 5.11 Å². The number of hydrogen-bond acceptors (Lipinski definition) is 3. The molecule has 1 N–H and O–H groups in total. The molecule has 0 spiro atoms. The molecule has 0 bridgehead atoms. The Balaban J connectivity index is 1.77. The Bertz CT molecular complexity index is 749. The Morgan fingerprint density at radius 2 is 1.86 bits per heavy atom. The van der Waals surface area contributed by atoms with Gasteiger partial charge in [0.15, 0.2) is 0 Å². The molecule has 0 saturated carbocycles. The fourth-order valence-corrected chi connectivity index (χ4v) is 2.04. The molecule has 0 aliphatic heterocycles. The van der Waals surface area contributed by atoms with Crippen LogP contribution in [0, 0.1) is 0 Å². The first kappa shape index (κ1) is 13.1. The van der Waals surface area contributed by atoms with Crippen LogP contribution in [-0.4, -0.2) is 25.8 Å². The van der Waals surface area contributed by atoms with Crippen molar-refractivity contribution in [3.63, 3.8) is 0 Å². The SMILES string of the molecule is O=C(O)c1ccc(Cn2ccc(-c3ccccn3)n2)cc1. The molecular formula is C16H13N3O2. The van der Waals surface area contributed by atoms with Crippen molar-refractivity contribution in [1.29, 1.82) is 0 Å². The van der Waals surface area contributed by atoms with E-state index >= 15 is 0 Å².